The third kappa shape index (κ3) is 7.98. The Bertz CT molecular complexity index is 2100. The smallest absolute Gasteiger partial charge is 0.338 e. The van der Waals surface area contributed by atoms with Crippen molar-refractivity contribution in [3.8, 4) is 23.0 Å². The number of thiazole rings is 1. The van der Waals surface area contributed by atoms with Crippen LogP contribution in [0.2, 0.25) is 5.02 Å². The van der Waals surface area contributed by atoms with Crippen molar-refractivity contribution in [2.45, 2.75) is 59.8 Å². The minimum atomic E-state index is -0.812. The van der Waals surface area contributed by atoms with Gasteiger partial charge in [-0.1, -0.05) is 47.2 Å². The number of carbonyl (C=O) groups is 1. The maximum atomic E-state index is 14.3. The molecule has 0 fully saturated rings. The molecule has 1 aliphatic heterocycles. The Morgan fingerprint density at radius 3 is 2.46 bits per heavy atom. The van der Waals surface area contributed by atoms with Gasteiger partial charge < -0.3 is 23.7 Å². The monoisotopic (exact) mass is 716 g/mol. The third-order valence-electron chi connectivity index (χ3n) is 7.80. The van der Waals surface area contributed by atoms with Crippen molar-refractivity contribution in [3.05, 3.63) is 125 Å². The number of carbonyl (C=O) groups excluding carboxylic acids is 1. The summed E-state index contributed by atoms with van der Waals surface area (Å²) in [7, 11) is 1.55. The molecule has 0 amide bonds. The normalized spacial score (nSPS) is 14.2. The molecular formula is C39H41ClN2O7S. The molecule has 5 rings (SSSR count). The Morgan fingerprint density at radius 1 is 1.04 bits per heavy atom. The van der Waals surface area contributed by atoms with E-state index >= 15 is 0 Å². The SMILES string of the molecule is C=CCc1cc(/C=c2\sc3n(c2=O)[C@@H](c2ccc(OC(C)C)c(OC)c2)C(C(=O)OCC)=C(C)N=3)cc(OCC)c1OCc1ccc(Cl)cc1. The second-order valence-corrected chi connectivity index (χ2v) is 13.2. The van der Waals surface area contributed by atoms with Crippen molar-refractivity contribution in [1.29, 1.82) is 0 Å². The first-order chi connectivity index (χ1) is 24.1. The van der Waals surface area contributed by atoms with Gasteiger partial charge in [-0.3, -0.25) is 9.36 Å². The summed E-state index contributed by atoms with van der Waals surface area (Å²) < 4.78 is 31.4. The van der Waals surface area contributed by atoms with Crippen LogP contribution in [0.1, 0.15) is 62.9 Å². The van der Waals surface area contributed by atoms with Crippen molar-refractivity contribution < 1.29 is 28.5 Å². The number of methoxy groups -OCH3 is 1. The van der Waals surface area contributed by atoms with Gasteiger partial charge in [0, 0.05) is 10.6 Å². The van der Waals surface area contributed by atoms with Crippen LogP contribution in [0.25, 0.3) is 6.08 Å². The number of fused-ring (bicyclic) bond motifs is 1. The van der Waals surface area contributed by atoms with Gasteiger partial charge in [0.05, 0.1) is 48.3 Å². The maximum Gasteiger partial charge on any atom is 0.338 e. The summed E-state index contributed by atoms with van der Waals surface area (Å²) in [5.74, 6) is 1.65. The molecule has 0 N–H and O–H groups in total. The van der Waals surface area contributed by atoms with Gasteiger partial charge in [-0.25, -0.2) is 9.79 Å². The van der Waals surface area contributed by atoms with E-state index in [2.05, 4.69) is 6.58 Å². The van der Waals surface area contributed by atoms with E-state index in [1.165, 1.54) is 11.3 Å². The van der Waals surface area contributed by atoms with Crippen LogP contribution >= 0.6 is 22.9 Å². The highest BCUT2D eigenvalue weighted by atomic mass is 35.5. The highest BCUT2D eigenvalue weighted by Crippen LogP contribution is 2.37. The molecule has 50 heavy (non-hydrogen) atoms. The first-order valence-corrected chi connectivity index (χ1v) is 17.6. The molecule has 3 aromatic carbocycles. The fourth-order valence-corrected chi connectivity index (χ4v) is 6.87. The van der Waals surface area contributed by atoms with E-state index in [4.69, 9.17) is 40.3 Å². The zero-order chi connectivity index (χ0) is 35.9. The van der Waals surface area contributed by atoms with Crippen molar-refractivity contribution in [2.24, 2.45) is 4.99 Å². The molecule has 0 unspecified atom stereocenters. The van der Waals surface area contributed by atoms with Crippen molar-refractivity contribution in [3.63, 3.8) is 0 Å². The van der Waals surface area contributed by atoms with E-state index in [1.807, 2.05) is 69.3 Å². The maximum absolute atomic E-state index is 14.3. The summed E-state index contributed by atoms with van der Waals surface area (Å²) in [6.45, 7) is 14.1. The highest BCUT2D eigenvalue weighted by Gasteiger charge is 2.34. The molecule has 0 aliphatic carbocycles. The van der Waals surface area contributed by atoms with E-state index in [-0.39, 0.29) is 23.8 Å². The Hall–Kier alpha value is -4.80. The van der Waals surface area contributed by atoms with Crippen LogP contribution in [0.5, 0.6) is 23.0 Å². The van der Waals surface area contributed by atoms with E-state index in [0.717, 1.165) is 16.7 Å². The zero-order valence-corrected chi connectivity index (χ0v) is 30.7. The van der Waals surface area contributed by atoms with Gasteiger partial charge in [-0.2, -0.15) is 0 Å². The number of rotatable bonds is 14. The molecule has 2 heterocycles. The first kappa shape index (κ1) is 36.5. The summed E-state index contributed by atoms with van der Waals surface area (Å²) in [6.07, 6.45) is 4.04. The first-order valence-electron chi connectivity index (χ1n) is 16.4. The van der Waals surface area contributed by atoms with Gasteiger partial charge in [-0.05, 0) is 100 Å². The number of allylic oxidation sites excluding steroid dienone is 2. The number of nitrogens with zero attached hydrogens (tertiary/aromatic N) is 2. The average molecular weight is 717 g/mol. The molecule has 1 atom stereocenters. The topological polar surface area (TPSA) is 97.6 Å². The van der Waals surface area contributed by atoms with Crippen molar-refractivity contribution in [2.75, 3.05) is 20.3 Å². The fourth-order valence-electron chi connectivity index (χ4n) is 5.70. The summed E-state index contributed by atoms with van der Waals surface area (Å²) >= 11 is 7.31. The molecule has 0 saturated carbocycles. The van der Waals surface area contributed by atoms with Crippen LogP contribution in [-0.4, -0.2) is 37.0 Å². The van der Waals surface area contributed by atoms with E-state index < -0.39 is 12.0 Å². The molecule has 4 aromatic rings. The second kappa shape index (κ2) is 16.3. The molecule has 262 valence electrons. The molecular weight excluding hydrogens is 676 g/mol. The minimum absolute atomic E-state index is 0.0796. The molecule has 1 aliphatic rings. The van der Waals surface area contributed by atoms with Crippen molar-refractivity contribution in [1.82, 2.24) is 4.57 Å². The summed E-state index contributed by atoms with van der Waals surface area (Å²) in [4.78, 5) is 32.9. The highest BCUT2D eigenvalue weighted by molar-refractivity contribution is 7.07. The average Bonchev–Trinajstić information content (AvgIpc) is 3.38. The predicted octanol–water partition coefficient (Wildman–Crippen LogP) is 6.95. The minimum Gasteiger partial charge on any atom is -0.493 e. The van der Waals surface area contributed by atoms with Gasteiger partial charge in [0.2, 0.25) is 0 Å². The zero-order valence-electron chi connectivity index (χ0n) is 29.1. The van der Waals surface area contributed by atoms with Crippen LogP contribution in [-0.2, 0) is 22.6 Å². The Morgan fingerprint density at radius 2 is 1.80 bits per heavy atom. The molecule has 0 saturated heterocycles. The van der Waals surface area contributed by atoms with Gasteiger partial charge in [0.25, 0.3) is 5.56 Å². The van der Waals surface area contributed by atoms with Crippen molar-refractivity contribution >= 4 is 35.0 Å². The van der Waals surface area contributed by atoms with E-state index in [0.29, 0.717) is 68.2 Å². The molecule has 0 bridgehead atoms. The Balaban J connectivity index is 1.64. The number of ether oxygens (including phenoxy) is 5. The lowest BCUT2D eigenvalue weighted by atomic mass is 9.95. The largest absolute Gasteiger partial charge is 0.493 e. The summed E-state index contributed by atoms with van der Waals surface area (Å²) in [5, 5.41) is 0.651. The number of benzene rings is 3. The van der Waals surface area contributed by atoms with E-state index in [9.17, 15) is 9.59 Å². The number of aromatic nitrogens is 1. The predicted molar refractivity (Wildman–Crippen MR) is 196 cm³/mol. The lowest BCUT2D eigenvalue weighted by Gasteiger charge is -2.25. The molecule has 9 nitrogen and oxygen atoms in total. The lowest BCUT2D eigenvalue weighted by molar-refractivity contribution is -0.139. The quantitative estimate of drug-likeness (QED) is 0.103. The van der Waals surface area contributed by atoms with Gasteiger partial charge in [0.1, 0.15) is 6.61 Å². The Kier molecular flexibility index (Phi) is 11.9. The lowest BCUT2D eigenvalue weighted by Crippen LogP contribution is -2.40. The van der Waals surface area contributed by atoms with Crippen LogP contribution in [0.3, 0.4) is 0 Å². The van der Waals surface area contributed by atoms with Crippen LogP contribution < -0.4 is 33.8 Å². The number of esters is 1. The van der Waals surface area contributed by atoms with Crippen LogP contribution in [0.15, 0.2) is 88.3 Å². The second-order valence-electron chi connectivity index (χ2n) is 11.7. The number of hydrogen-bond donors (Lipinski definition) is 0. The fraction of sp³-hybridized carbons (Fsp3) is 0.308. The number of hydrogen-bond acceptors (Lipinski definition) is 9. The van der Waals surface area contributed by atoms with Gasteiger partial charge in [-0.15, -0.1) is 6.58 Å². The molecule has 11 heteroatoms. The summed E-state index contributed by atoms with van der Waals surface area (Å²) in [6, 6.07) is 15.9. The third-order valence-corrected chi connectivity index (χ3v) is 9.03. The Labute approximate surface area is 300 Å². The van der Waals surface area contributed by atoms with E-state index in [1.54, 1.807) is 43.7 Å². The molecule has 0 radical (unpaired) electrons. The summed E-state index contributed by atoms with van der Waals surface area (Å²) in [5.41, 5.74) is 3.64. The van der Waals surface area contributed by atoms with Gasteiger partial charge in [0.15, 0.2) is 27.8 Å². The molecule has 0 spiro atoms. The van der Waals surface area contributed by atoms with Gasteiger partial charge >= 0.3 is 5.97 Å². The van der Waals surface area contributed by atoms with Crippen LogP contribution in [0, 0.1) is 0 Å². The molecule has 1 aromatic heterocycles. The van der Waals surface area contributed by atoms with Crippen LogP contribution in [0.4, 0.5) is 0 Å². The number of halogens is 1. The standard InChI is InChI=1S/C39H41ClN2O7S/c1-8-11-28-18-26(19-32(46-9-2)36(28)48-22-25-12-15-29(40)16-13-25)20-33-37(43)42-35(27-14-17-30(49-23(4)5)31(21-27)45-7)34(38(44)47-10-3)24(6)41-39(42)50-33/h8,12-21,23,35H,1,9-11,22H2,2-7H3/b33-20-/t35-/m0/s1.